The van der Waals surface area contributed by atoms with Crippen LogP contribution in [-0.2, 0) is 4.79 Å². The molecule has 0 radical (unpaired) electrons. The number of carbonyl (C=O) groups is 1. The van der Waals surface area contributed by atoms with Gasteiger partial charge < -0.3 is 10.6 Å². The van der Waals surface area contributed by atoms with Crippen molar-refractivity contribution in [3.8, 4) is 0 Å². The van der Waals surface area contributed by atoms with Crippen molar-refractivity contribution in [2.75, 3.05) is 18.0 Å². The van der Waals surface area contributed by atoms with Crippen molar-refractivity contribution in [2.24, 2.45) is 11.7 Å². The largest absolute Gasteiger partial charge is 0.330 e. The summed E-state index contributed by atoms with van der Waals surface area (Å²) in [7, 11) is 0. The molecular formula is C10H11Cl2N3O. The Hall–Kier alpha value is -0.840. The lowest BCUT2D eigenvalue weighted by Gasteiger charge is -2.18. The van der Waals surface area contributed by atoms with Crippen LogP contribution < -0.4 is 10.6 Å². The number of aromatic nitrogens is 1. The molecule has 2 heterocycles. The Kier molecular flexibility index (Phi) is 3.33. The van der Waals surface area contributed by atoms with Gasteiger partial charge in [-0.2, -0.15) is 0 Å². The third-order valence-electron chi connectivity index (χ3n) is 2.64. The van der Waals surface area contributed by atoms with Crippen LogP contribution in [0.15, 0.2) is 12.4 Å². The fourth-order valence-electron chi connectivity index (χ4n) is 1.82. The fraction of sp³-hybridized carbons (Fsp3) is 0.400. The van der Waals surface area contributed by atoms with Gasteiger partial charge in [-0.25, -0.2) is 0 Å². The molecule has 6 heteroatoms. The average molecular weight is 260 g/mol. The van der Waals surface area contributed by atoms with Crippen LogP contribution in [0.2, 0.25) is 10.0 Å². The highest BCUT2D eigenvalue weighted by Crippen LogP contribution is 2.35. The first-order valence-corrected chi connectivity index (χ1v) is 5.68. The maximum absolute atomic E-state index is 11.8. The zero-order valence-corrected chi connectivity index (χ0v) is 10.0. The van der Waals surface area contributed by atoms with Crippen molar-refractivity contribution in [3.05, 3.63) is 22.4 Å². The number of halogens is 2. The third kappa shape index (κ3) is 2.00. The van der Waals surface area contributed by atoms with Gasteiger partial charge >= 0.3 is 0 Å². The van der Waals surface area contributed by atoms with Gasteiger partial charge in [0.25, 0.3) is 0 Å². The number of anilines is 1. The highest BCUT2D eigenvalue weighted by molar-refractivity contribution is 6.39. The second-order valence-corrected chi connectivity index (χ2v) is 4.58. The summed E-state index contributed by atoms with van der Waals surface area (Å²) in [6.45, 7) is 1.06. The molecule has 1 aliphatic rings. The molecule has 16 heavy (non-hydrogen) atoms. The molecule has 2 N–H and O–H groups in total. The zero-order valence-electron chi connectivity index (χ0n) is 8.49. The summed E-state index contributed by atoms with van der Waals surface area (Å²) >= 11 is 12.0. The lowest BCUT2D eigenvalue weighted by molar-refractivity contribution is -0.117. The van der Waals surface area contributed by atoms with Gasteiger partial charge in [-0.05, 0) is 12.5 Å². The SMILES string of the molecule is NCC1CC(=O)N(c2c(Cl)cncc2Cl)C1. The van der Waals surface area contributed by atoms with E-state index in [2.05, 4.69) is 4.98 Å². The monoisotopic (exact) mass is 259 g/mol. The van der Waals surface area contributed by atoms with Gasteiger partial charge in [0.15, 0.2) is 0 Å². The van der Waals surface area contributed by atoms with E-state index in [0.717, 1.165) is 0 Å². The Morgan fingerprint density at radius 2 is 2.06 bits per heavy atom. The van der Waals surface area contributed by atoms with Crippen LogP contribution in [0, 0.1) is 5.92 Å². The molecule has 0 aliphatic carbocycles. The smallest absolute Gasteiger partial charge is 0.227 e. The Balaban J connectivity index is 2.35. The van der Waals surface area contributed by atoms with E-state index in [1.807, 2.05) is 0 Å². The first-order chi connectivity index (χ1) is 7.63. The van der Waals surface area contributed by atoms with Crippen molar-refractivity contribution in [3.63, 3.8) is 0 Å². The van der Waals surface area contributed by atoms with E-state index in [1.165, 1.54) is 12.4 Å². The Labute approximate surface area is 103 Å². The predicted molar refractivity (Wildman–Crippen MR) is 63.8 cm³/mol. The highest BCUT2D eigenvalue weighted by Gasteiger charge is 2.32. The summed E-state index contributed by atoms with van der Waals surface area (Å²) in [5.74, 6) is 0.179. The molecule has 1 aromatic rings. The van der Waals surface area contributed by atoms with Crippen molar-refractivity contribution in [2.45, 2.75) is 6.42 Å². The number of rotatable bonds is 2. The van der Waals surface area contributed by atoms with Crippen LogP contribution in [0.1, 0.15) is 6.42 Å². The molecule has 1 aromatic heterocycles. The number of carbonyl (C=O) groups excluding carboxylic acids is 1. The molecule has 1 amide bonds. The first kappa shape index (κ1) is 11.6. The standard InChI is InChI=1S/C10H11Cl2N3O/c11-7-3-14-4-8(12)10(7)15-5-6(2-13)1-9(15)16/h3-4,6H,1-2,5,13H2. The maximum Gasteiger partial charge on any atom is 0.227 e. The molecule has 86 valence electrons. The van der Waals surface area contributed by atoms with Gasteiger partial charge in [-0.3, -0.25) is 9.78 Å². The van der Waals surface area contributed by atoms with Crippen LogP contribution in [0.3, 0.4) is 0 Å². The number of pyridine rings is 1. The van der Waals surface area contributed by atoms with E-state index < -0.39 is 0 Å². The van der Waals surface area contributed by atoms with Crippen LogP contribution >= 0.6 is 23.2 Å². The average Bonchev–Trinajstić information content (AvgIpc) is 2.60. The normalized spacial score (nSPS) is 20.6. The number of nitrogens with zero attached hydrogens (tertiary/aromatic N) is 2. The van der Waals surface area contributed by atoms with Crippen LogP contribution in [-0.4, -0.2) is 24.0 Å². The molecule has 4 nitrogen and oxygen atoms in total. The van der Waals surface area contributed by atoms with Crippen LogP contribution in [0.25, 0.3) is 0 Å². The Morgan fingerprint density at radius 1 is 1.44 bits per heavy atom. The molecule has 0 aromatic carbocycles. The van der Waals surface area contributed by atoms with E-state index in [9.17, 15) is 4.79 Å². The lowest BCUT2D eigenvalue weighted by atomic mass is 10.1. The number of nitrogens with two attached hydrogens (primary N) is 1. The lowest BCUT2D eigenvalue weighted by Crippen LogP contribution is -2.26. The van der Waals surface area contributed by atoms with Crippen molar-refractivity contribution in [1.82, 2.24) is 4.98 Å². The Morgan fingerprint density at radius 3 is 2.56 bits per heavy atom. The fourth-order valence-corrected chi connectivity index (χ4v) is 2.39. The van der Waals surface area contributed by atoms with Gasteiger partial charge in [0.2, 0.25) is 5.91 Å². The molecule has 1 atom stereocenters. The van der Waals surface area contributed by atoms with Crippen molar-refractivity contribution >= 4 is 34.8 Å². The Bertz CT molecular complexity index is 404. The molecule has 0 bridgehead atoms. The molecule has 0 spiro atoms. The zero-order chi connectivity index (χ0) is 11.7. The van der Waals surface area contributed by atoms with E-state index in [0.29, 0.717) is 35.2 Å². The predicted octanol–water partition coefficient (Wildman–Crippen LogP) is 1.70. The molecule has 0 saturated carbocycles. The maximum atomic E-state index is 11.8. The minimum absolute atomic E-state index is 0.00505. The topological polar surface area (TPSA) is 59.2 Å². The minimum atomic E-state index is 0.00505. The molecule has 1 fully saturated rings. The second kappa shape index (κ2) is 4.57. The first-order valence-electron chi connectivity index (χ1n) is 4.93. The quantitative estimate of drug-likeness (QED) is 0.880. The van der Waals surface area contributed by atoms with E-state index >= 15 is 0 Å². The summed E-state index contributed by atoms with van der Waals surface area (Å²) < 4.78 is 0. The summed E-state index contributed by atoms with van der Waals surface area (Å²) in [4.78, 5) is 17.2. The van der Waals surface area contributed by atoms with Crippen molar-refractivity contribution in [1.29, 1.82) is 0 Å². The summed E-state index contributed by atoms with van der Waals surface area (Å²) in [5, 5.41) is 0.775. The van der Waals surface area contributed by atoms with Crippen LogP contribution in [0.4, 0.5) is 5.69 Å². The number of hydrogen-bond donors (Lipinski definition) is 1. The highest BCUT2D eigenvalue weighted by atomic mass is 35.5. The third-order valence-corrected chi connectivity index (χ3v) is 3.19. The molecule has 1 unspecified atom stereocenters. The van der Waals surface area contributed by atoms with Crippen LogP contribution in [0.5, 0.6) is 0 Å². The summed E-state index contributed by atoms with van der Waals surface area (Å²) in [6, 6.07) is 0. The van der Waals surface area contributed by atoms with Crippen molar-refractivity contribution < 1.29 is 4.79 Å². The number of amides is 1. The van der Waals surface area contributed by atoms with Gasteiger partial charge in [-0.15, -0.1) is 0 Å². The molecule has 2 rings (SSSR count). The van der Waals surface area contributed by atoms with Gasteiger partial charge in [0.1, 0.15) is 0 Å². The molecular weight excluding hydrogens is 249 g/mol. The summed E-state index contributed by atoms with van der Waals surface area (Å²) in [5.41, 5.74) is 6.10. The van der Waals surface area contributed by atoms with Gasteiger partial charge in [-0.1, -0.05) is 23.2 Å². The van der Waals surface area contributed by atoms with E-state index in [1.54, 1.807) is 4.90 Å². The summed E-state index contributed by atoms with van der Waals surface area (Å²) in [6.07, 6.45) is 3.41. The molecule has 1 saturated heterocycles. The van der Waals surface area contributed by atoms with E-state index in [4.69, 9.17) is 28.9 Å². The second-order valence-electron chi connectivity index (χ2n) is 3.76. The van der Waals surface area contributed by atoms with Gasteiger partial charge in [0.05, 0.1) is 15.7 Å². The minimum Gasteiger partial charge on any atom is -0.330 e. The van der Waals surface area contributed by atoms with E-state index in [-0.39, 0.29) is 11.8 Å². The number of hydrogen-bond acceptors (Lipinski definition) is 3. The molecule has 1 aliphatic heterocycles. The van der Waals surface area contributed by atoms with Gasteiger partial charge in [0, 0.05) is 25.4 Å².